The molecule has 1 aliphatic rings. The van der Waals surface area contributed by atoms with Crippen molar-refractivity contribution >= 4 is 23.2 Å². The summed E-state index contributed by atoms with van der Waals surface area (Å²) < 4.78 is 23.4. The number of carbonyl (C=O) groups is 2. The summed E-state index contributed by atoms with van der Waals surface area (Å²) >= 11 is 0. The third-order valence-corrected chi connectivity index (χ3v) is 5.10. The molecule has 30 heavy (non-hydrogen) atoms. The van der Waals surface area contributed by atoms with Crippen molar-refractivity contribution in [1.29, 1.82) is 0 Å². The topological polar surface area (TPSA) is 79.9 Å². The molecule has 0 aromatic heterocycles. The number of nitrogens with zero attached hydrogens (tertiary/aromatic N) is 1. The van der Waals surface area contributed by atoms with Crippen LogP contribution in [0.15, 0.2) is 42.5 Å². The number of anilines is 2. The van der Waals surface area contributed by atoms with Crippen molar-refractivity contribution in [2.24, 2.45) is 5.92 Å². The molecule has 2 aromatic carbocycles. The van der Waals surface area contributed by atoms with Gasteiger partial charge in [0, 0.05) is 23.4 Å². The Kier molecular flexibility index (Phi) is 7.24. The van der Waals surface area contributed by atoms with Crippen LogP contribution in [-0.2, 0) is 9.59 Å². The fourth-order valence-electron chi connectivity index (χ4n) is 3.45. The molecule has 2 N–H and O–H groups in total. The number of piperidine rings is 1. The number of carbonyl (C=O) groups excluding carboxylic acids is 2. The van der Waals surface area contributed by atoms with Gasteiger partial charge in [-0.3, -0.25) is 14.5 Å². The van der Waals surface area contributed by atoms with Crippen molar-refractivity contribution in [2.75, 3.05) is 44.5 Å². The summed E-state index contributed by atoms with van der Waals surface area (Å²) in [7, 11) is 3.10. The van der Waals surface area contributed by atoms with E-state index in [4.69, 9.17) is 9.47 Å². The molecule has 1 aliphatic heterocycles. The molecule has 0 saturated carbocycles. The first-order valence-corrected chi connectivity index (χ1v) is 9.79. The molecule has 0 unspecified atom stereocenters. The molecule has 0 aliphatic carbocycles. The van der Waals surface area contributed by atoms with E-state index >= 15 is 0 Å². The molecule has 0 atom stereocenters. The number of methoxy groups -OCH3 is 2. The van der Waals surface area contributed by atoms with Gasteiger partial charge in [-0.05, 0) is 62.3 Å². The lowest BCUT2D eigenvalue weighted by atomic mass is 9.96. The van der Waals surface area contributed by atoms with Gasteiger partial charge in [-0.1, -0.05) is 0 Å². The van der Waals surface area contributed by atoms with Gasteiger partial charge in [0.1, 0.15) is 5.82 Å². The van der Waals surface area contributed by atoms with Crippen molar-refractivity contribution in [3.05, 3.63) is 48.3 Å². The molecule has 160 valence electrons. The summed E-state index contributed by atoms with van der Waals surface area (Å²) in [6, 6.07) is 10.9. The monoisotopic (exact) mass is 415 g/mol. The predicted octanol–water partition coefficient (Wildman–Crippen LogP) is 3.13. The van der Waals surface area contributed by atoms with Gasteiger partial charge < -0.3 is 20.1 Å². The largest absolute Gasteiger partial charge is 0.493 e. The standard InChI is InChI=1S/C22H26FN3O4/c1-29-19-8-7-18(13-20(19)30-2)24-21(27)14-26-11-9-15(10-12-26)22(28)25-17-5-3-16(23)4-6-17/h3-8,13,15H,9-12,14H2,1-2H3,(H,24,27)(H,25,28). The number of nitrogens with one attached hydrogen (secondary N) is 2. The summed E-state index contributed by atoms with van der Waals surface area (Å²) in [4.78, 5) is 26.8. The fraction of sp³-hybridized carbons (Fsp3) is 0.364. The first-order valence-electron chi connectivity index (χ1n) is 9.79. The highest BCUT2D eigenvalue weighted by Crippen LogP contribution is 2.29. The van der Waals surface area contributed by atoms with E-state index in [0.717, 1.165) is 0 Å². The van der Waals surface area contributed by atoms with Crippen LogP contribution in [0.3, 0.4) is 0 Å². The van der Waals surface area contributed by atoms with E-state index in [1.54, 1.807) is 44.6 Å². The third-order valence-electron chi connectivity index (χ3n) is 5.10. The lowest BCUT2D eigenvalue weighted by Gasteiger charge is -2.30. The highest BCUT2D eigenvalue weighted by Gasteiger charge is 2.26. The highest BCUT2D eigenvalue weighted by atomic mass is 19.1. The van der Waals surface area contributed by atoms with Crippen molar-refractivity contribution < 1.29 is 23.5 Å². The molecule has 2 aromatic rings. The van der Waals surface area contributed by atoms with Crippen LogP contribution in [0.25, 0.3) is 0 Å². The minimum Gasteiger partial charge on any atom is -0.493 e. The molecular formula is C22H26FN3O4. The molecule has 7 nitrogen and oxygen atoms in total. The molecule has 1 fully saturated rings. The Morgan fingerprint density at radius 3 is 2.23 bits per heavy atom. The van der Waals surface area contributed by atoms with Crippen LogP contribution in [0, 0.1) is 11.7 Å². The summed E-state index contributed by atoms with van der Waals surface area (Å²) in [6.07, 6.45) is 1.33. The molecule has 1 heterocycles. The van der Waals surface area contributed by atoms with Crippen molar-refractivity contribution in [3.63, 3.8) is 0 Å². The SMILES string of the molecule is COc1ccc(NC(=O)CN2CCC(C(=O)Nc3ccc(F)cc3)CC2)cc1OC. The highest BCUT2D eigenvalue weighted by molar-refractivity contribution is 5.93. The zero-order valence-electron chi connectivity index (χ0n) is 17.1. The maximum Gasteiger partial charge on any atom is 0.238 e. The van der Waals surface area contributed by atoms with E-state index in [-0.39, 0.29) is 30.1 Å². The van der Waals surface area contributed by atoms with E-state index in [9.17, 15) is 14.0 Å². The van der Waals surface area contributed by atoms with Gasteiger partial charge in [0.15, 0.2) is 11.5 Å². The van der Waals surface area contributed by atoms with Crippen LogP contribution < -0.4 is 20.1 Å². The predicted molar refractivity (Wildman–Crippen MR) is 112 cm³/mol. The Labute approximate surface area is 175 Å². The first kappa shape index (κ1) is 21.6. The van der Waals surface area contributed by atoms with E-state index in [0.29, 0.717) is 48.8 Å². The molecule has 1 saturated heterocycles. The minimum atomic E-state index is -0.340. The fourth-order valence-corrected chi connectivity index (χ4v) is 3.45. The van der Waals surface area contributed by atoms with Crippen molar-refractivity contribution in [3.8, 4) is 11.5 Å². The molecule has 8 heteroatoms. The van der Waals surface area contributed by atoms with Gasteiger partial charge in [0.2, 0.25) is 11.8 Å². The summed E-state index contributed by atoms with van der Waals surface area (Å²) in [5.74, 6) is 0.472. The van der Waals surface area contributed by atoms with E-state index < -0.39 is 0 Å². The first-order chi connectivity index (χ1) is 14.5. The maximum absolute atomic E-state index is 13.0. The van der Waals surface area contributed by atoms with E-state index in [1.165, 1.54) is 12.1 Å². The van der Waals surface area contributed by atoms with Crippen LogP contribution in [0.4, 0.5) is 15.8 Å². The second-order valence-electron chi connectivity index (χ2n) is 7.16. The number of hydrogen-bond donors (Lipinski definition) is 2. The number of rotatable bonds is 7. The Morgan fingerprint density at radius 1 is 0.967 bits per heavy atom. The molecule has 2 amide bonds. The average Bonchev–Trinajstić information content (AvgIpc) is 2.75. The van der Waals surface area contributed by atoms with Gasteiger partial charge in [-0.25, -0.2) is 4.39 Å². The Morgan fingerprint density at radius 2 is 1.60 bits per heavy atom. The van der Waals surface area contributed by atoms with Gasteiger partial charge in [-0.2, -0.15) is 0 Å². The molecule has 0 radical (unpaired) electrons. The second-order valence-corrected chi connectivity index (χ2v) is 7.16. The molecule has 3 rings (SSSR count). The maximum atomic E-state index is 13.0. The number of amides is 2. The quantitative estimate of drug-likeness (QED) is 0.726. The van der Waals surface area contributed by atoms with Gasteiger partial charge in [0.25, 0.3) is 0 Å². The zero-order chi connectivity index (χ0) is 21.5. The second kappa shape index (κ2) is 10.1. The molecule has 0 bridgehead atoms. The number of ether oxygens (including phenoxy) is 2. The smallest absolute Gasteiger partial charge is 0.238 e. The Bertz CT molecular complexity index is 880. The van der Waals surface area contributed by atoms with Crippen molar-refractivity contribution in [2.45, 2.75) is 12.8 Å². The summed E-state index contributed by atoms with van der Waals surface area (Å²) in [5.41, 5.74) is 1.21. The van der Waals surface area contributed by atoms with Crippen LogP contribution in [0.5, 0.6) is 11.5 Å². The number of halogens is 1. The average molecular weight is 415 g/mol. The summed E-state index contributed by atoms with van der Waals surface area (Å²) in [6.45, 7) is 1.56. The van der Waals surface area contributed by atoms with Crippen LogP contribution in [0.2, 0.25) is 0 Å². The van der Waals surface area contributed by atoms with Crippen molar-refractivity contribution in [1.82, 2.24) is 4.90 Å². The minimum absolute atomic E-state index is 0.0731. The number of hydrogen-bond acceptors (Lipinski definition) is 5. The number of likely N-dealkylation sites (tertiary alicyclic amines) is 1. The zero-order valence-corrected chi connectivity index (χ0v) is 17.1. The third kappa shape index (κ3) is 5.70. The molecule has 0 spiro atoms. The Balaban J connectivity index is 1.45. The number of benzene rings is 2. The lowest BCUT2D eigenvalue weighted by molar-refractivity contribution is -0.121. The van der Waals surface area contributed by atoms with E-state index in [2.05, 4.69) is 10.6 Å². The van der Waals surface area contributed by atoms with Gasteiger partial charge in [0.05, 0.1) is 20.8 Å². The summed E-state index contributed by atoms with van der Waals surface area (Å²) in [5, 5.41) is 5.68. The Hall–Kier alpha value is -3.13. The van der Waals surface area contributed by atoms with Crippen LogP contribution in [-0.4, -0.2) is 50.6 Å². The van der Waals surface area contributed by atoms with Gasteiger partial charge >= 0.3 is 0 Å². The normalized spacial score (nSPS) is 14.8. The van der Waals surface area contributed by atoms with Crippen LogP contribution >= 0.6 is 0 Å². The lowest BCUT2D eigenvalue weighted by Crippen LogP contribution is -2.41. The van der Waals surface area contributed by atoms with Crippen LogP contribution in [0.1, 0.15) is 12.8 Å². The molecular weight excluding hydrogens is 389 g/mol. The van der Waals surface area contributed by atoms with Gasteiger partial charge in [-0.15, -0.1) is 0 Å². The van der Waals surface area contributed by atoms with E-state index in [1.807, 2.05) is 4.90 Å².